The molecule has 0 saturated carbocycles. The molecule has 0 radical (unpaired) electrons. The number of piperazine rings is 1. The van der Waals surface area contributed by atoms with E-state index in [4.69, 9.17) is 9.47 Å². The lowest BCUT2D eigenvalue weighted by Crippen LogP contribution is -2.46. The summed E-state index contributed by atoms with van der Waals surface area (Å²) in [5, 5.41) is 3.25. The maximum Gasteiger partial charge on any atom is 0.227 e. The van der Waals surface area contributed by atoms with Gasteiger partial charge >= 0.3 is 0 Å². The average Bonchev–Trinajstić information content (AvgIpc) is 2.49. The van der Waals surface area contributed by atoms with Crippen molar-refractivity contribution in [3.8, 4) is 5.75 Å². The predicted molar refractivity (Wildman–Crippen MR) is 77.0 cm³/mol. The highest BCUT2D eigenvalue weighted by atomic mass is 16.5. The number of benzene rings is 1. The van der Waals surface area contributed by atoms with Crippen molar-refractivity contribution in [1.29, 1.82) is 0 Å². The molecular formula is C15H22N2O3. The van der Waals surface area contributed by atoms with Gasteiger partial charge in [0.05, 0.1) is 13.0 Å². The van der Waals surface area contributed by atoms with Crippen molar-refractivity contribution >= 4 is 5.91 Å². The van der Waals surface area contributed by atoms with Crippen LogP contribution in [0.2, 0.25) is 0 Å². The van der Waals surface area contributed by atoms with E-state index in [-0.39, 0.29) is 5.91 Å². The second-order valence-corrected chi connectivity index (χ2v) is 4.80. The Morgan fingerprint density at radius 2 is 2.10 bits per heavy atom. The minimum atomic E-state index is 0.181. The first kappa shape index (κ1) is 14.8. The van der Waals surface area contributed by atoms with Crippen LogP contribution >= 0.6 is 0 Å². The van der Waals surface area contributed by atoms with E-state index in [2.05, 4.69) is 5.32 Å². The number of rotatable bonds is 6. The zero-order valence-corrected chi connectivity index (χ0v) is 11.9. The quantitative estimate of drug-likeness (QED) is 0.778. The van der Waals surface area contributed by atoms with Crippen LogP contribution < -0.4 is 10.1 Å². The third kappa shape index (κ3) is 4.51. The third-order valence-corrected chi connectivity index (χ3v) is 3.28. The monoisotopic (exact) mass is 278 g/mol. The van der Waals surface area contributed by atoms with Crippen molar-refractivity contribution in [2.24, 2.45) is 0 Å². The molecule has 1 aromatic rings. The minimum Gasteiger partial charge on any atom is -0.491 e. The molecule has 0 aromatic heterocycles. The first-order valence-electron chi connectivity index (χ1n) is 6.99. The topological polar surface area (TPSA) is 50.8 Å². The summed E-state index contributed by atoms with van der Waals surface area (Å²) in [5.41, 5.74) is 0.989. The first-order valence-corrected chi connectivity index (χ1v) is 6.99. The van der Waals surface area contributed by atoms with Gasteiger partial charge in [-0.3, -0.25) is 4.79 Å². The molecule has 1 aromatic carbocycles. The van der Waals surface area contributed by atoms with Crippen LogP contribution in [0.25, 0.3) is 0 Å². The highest BCUT2D eigenvalue weighted by Crippen LogP contribution is 2.14. The van der Waals surface area contributed by atoms with Gasteiger partial charge in [-0.05, 0) is 17.7 Å². The first-order chi connectivity index (χ1) is 9.79. The number of hydrogen-bond acceptors (Lipinski definition) is 4. The standard InChI is InChI=1S/C15H22N2O3/c1-19-9-10-20-14-4-2-3-13(11-14)12-15(18)17-7-5-16-6-8-17/h2-4,11,16H,5-10,12H2,1H3. The maximum atomic E-state index is 12.2. The second kappa shape index (κ2) is 7.87. The van der Waals surface area contributed by atoms with E-state index in [0.29, 0.717) is 19.6 Å². The van der Waals surface area contributed by atoms with Gasteiger partial charge in [-0.2, -0.15) is 0 Å². The Hall–Kier alpha value is -1.59. The molecule has 2 rings (SSSR count). The van der Waals surface area contributed by atoms with Crippen molar-refractivity contribution in [3.63, 3.8) is 0 Å². The molecule has 5 nitrogen and oxygen atoms in total. The molecule has 20 heavy (non-hydrogen) atoms. The Labute approximate surface area is 119 Å². The molecule has 1 aliphatic rings. The van der Waals surface area contributed by atoms with Gasteiger partial charge in [0.15, 0.2) is 0 Å². The number of carbonyl (C=O) groups is 1. The highest BCUT2D eigenvalue weighted by molar-refractivity contribution is 5.79. The van der Waals surface area contributed by atoms with E-state index < -0.39 is 0 Å². The number of ether oxygens (including phenoxy) is 2. The van der Waals surface area contributed by atoms with Crippen LogP contribution in [0.1, 0.15) is 5.56 Å². The Bertz CT molecular complexity index is 431. The average molecular weight is 278 g/mol. The predicted octanol–water partition coefficient (Wildman–Crippen LogP) is 0.686. The maximum absolute atomic E-state index is 12.2. The van der Waals surface area contributed by atoms with Gasteiger partial charge in [-0.1, -0.05) is 12.1 Å². The fraction of sp³-hybridized carbons (Fsp3) is 0.533. The van der Waals surface area contributed by atoms with Crippen LogP contribution in [0.15, 0.2) is 24.3 Å². The number of amides is 1. The summed E-state index contributed by atoms with van der Waals surface area (Å²) in [6.45, 7) is 4.43. The van der Waals surface area contributed by atoms with Gasteiger partial charge in [-0.25, -0.2) is 0 Å². The van der Waals surface area contributed by atoms with Crippen molar-refractivity contribution in [1.82, 2.24) is 10.2 Å². The van der Waals surface area contributed by atoms with Gasteiger partial charge in [-0.15, -0.1) is 0 Å². The highest BCUT2D eigenvalue weighted by Gasteiger charge is 2.16. The zero-order valence-electron chi connectivity index (χ0n) is 11.9. The number of hydrogen-bond donors (Lipinski definition) is 1. The summed E-state index contributed by atoms with van der Waals surface area (Å²) in [7, 11) is 1.64. The lowest BCUT2D eigenvalue weighted by molar-refractivity contribution is -0.131. The van der Waals surface area contributed by atoms with Crippen LogP contribution in [0.5, 0.6) is 5.75 Å². The Morgan fingerprint density at radius 1 is 1.30 bits per heavy atom. The van der Waals surface area contributed by atoms with Gasteiger partial charge in [0.2, 0.25) is 5.91 Å². The molecule has 0 bridgehead atoms. The summed E-state index contributed by atoms with van der Waals surface area (Å²) >= 11 is 0. The molecule has 1 saturated heterocycles. The molecule has 1 fully saturated rings. The van der Waals surface area contributed by atoms with E-state index in [1.54, 1.807) is 7.11 Å². The largest absolute Gasteiger partial charge is 0.491 e. The van der Waals surface area contributed by atoms with Crippen molar-refractivity contribution in [3.05, 3.63) is 29.8 Å². The Balaban J connectivity index is 1.88. The van der Waals surface area contributed by atoms with Crippen LogP contribution in [0.3, 0.4) is 0 Å². The van der Waals surface area contributed by atoms with E-state index in [9.17, 15) is 4.79 Å². The van der Waals surface area contributed by atoms with E-state index in [0.717, 1.165) is 37.5 Å². The van der Waals surface area contributed by atoms with E-state index in [1.807, 2.05) is 29.2 Å². The number of nitrogens with one attached hydrogen (secondary N) is 1. The second-order valence-electron chi connectivity index (χ2n) is 4.80. The molecule has 1 heterocycles. The molecule has 1 aliphatic heterocycles. The molecule has 1 amide bonds. The third-order valence-electron chi connectivity index (χ3n) is 3.28. The van der Waals surface area contributed by atoms with Crippen LogP contribution in [0, 0.1) is 0 Å². The van der Waals surface area contributed by atoms with Gasteiger partial charge in [0.25, 0.3) is 0 Å². The van der Waals surface area contributed by atoms with Crippen molar-refractivity contribution in [2.75, 3.05) is 46.5 Å². The number of carbonyl (C=O) groups excluding carboxylic acids is 1. The lowest BCUT2D eigenvalue weighted by Gasteiger charge is -2.27. The fourth-order valence-electron chi connectivity index (χ4n) is 2.19. The summed E-state index contributed by atoms with van der Waals surface area (Å²) in [6.07, 6.45) is 0.432. The van der Waals surface area contributed by atoms with E-state index in [1.165, 1.54) is 0 Å². The van der Waals surface area contributed by atoms with Crippen molar-refractivity contribution in [2.45, 2.75) is 6.42 Å². The van der Waals surface area contributed by atoms with Crippen LogP contribution in [-0.4, -0.2) is 57.3 Å². The van der Waals surface area contributed by atoms with Crippen molar-refractivity contribution < 1.29 is 14.3 Å². The van der Waals surface area contributed by atoms with Gasteiger partial charge < -0.3 is 19.7 Å². The van der Waals surface area contributed by atoms with Crippen LogP contribution in [-0.2, 0) is 16.0 Å². The number of methoxy groups -OCH3 is 1. The molecule has 1 N–H and O–H groups in total. The molecule has 110 valence electrons. The molecule has 0 spiro atoms. The van der Waals surface area contributed by atoms with E-state index >= 15 is 0 Å². The summed E-state index contributed by atoms with van der Waals surface area (Å²) < 4.78 is 10.5. The number of nitrogens with zero attached hydrogens (tertiary/aromatic N) is 1. The smallest absolute Gasteiger partial charge is 0.227 e. The minimum absolute atomic E-state index is 0.181. The summed E-state index contributed by atoms with van der Waals surface area (Å²) in [6, 6.07) is 7.70. The van der Waals surface area contributed by atoms with Crippen LogP contribution in [0.4, 0.5) is 0 Å². The van der Waals surface area contributed by atoms with Gasteiger partial charge in [0.1, 0.15) is 12.4 Å². The molecule has 0 atom stereocenters. The lowest BCUT2D eigenvalue weighted by atomic mass is 10.1. The summed E-state index contributed by atoms with van der Waals surface area (Å²) in [5.74, 6) is 0.966. The molecule has 0 unspecified atom stereocenters. The zero-order chi connectivity index (χ0) is 14.2. The molecule has 0 aliphatic carbocycles. The van der Waals surface area contributed by atoms with Gasteiger partial charge in [0, 0.05) is 33.3 Å². The SMILES string of the molecule is COCCOc1cccc(CC(=O)N2CCNCC2)c1. The fourth-order valence-corrected chi connectivity index (χ4v) is 2.19. The summed E-state index contributed by atoms with van der Waals surface area (Å²) in [4.78, 5) is 14.1. The molecular weight excluding hydrogens is 256 g/mol. The molecule has 5 heteroatoms. The Kier molecular flexibility index (Phi) is 5.83. The Morgan fingerprint density at radius 3 is 2.85 bits per heavy atom. The normalized spacial score (nSPS) is 15.2.